The average molecular weight is 582 g/mol. The molecule has 210 valence electrons. The molecule has 0 spiro atoms. The molecule has 0 aliphatic carbocycles. The van der Waals surface area contributed by atoms with Crippen molar-refractivity contribution in [1.29, 1.82) is 0 Å². The summed E-state index contributed by atoms with van der Waals surface area (Å²) in [5.41, 5.74) is 5.09. The Hall–Kier alpha value is -3.67. The number of hydrogen-bond acceptors (Lipinski definition) is 8. The molecular formula is C28H32ClN7O3S. The van der Waals surface area contributed by atoms with Crippen LogP contribution in [0.3, 0.4) is 0 Å². The van der Waals surface area contributed by atoms with Crippen LogP contribution in [0, 0.1) is 20.8 Å². The van der Waals surface area contributed by atoms with Crippen molar-refractivity contribution in [3.63, 3.8) is 0 Å². The second kappa shape index (κ2) is 11.1. The first-order valence-corrected chi connectivity index (χ1v) is 14.7. The van der Waals surface area contributed by atoms with Crippen LogP contribution in [0.5, 0.6) is 11.6 Å². The molecule has 1 aliphatic heterocycles. The number of nitrogens with zero attached hydrogens (tertiary/aromatic N) is 6. The molecule has 0 unspecified atom stereocenters. The number of piperazine rings is 1. The van der Waals surface area contributed by atoms with Crippen LogP contribution in [-0.2, 0) is 17.1 Å². The van der Waals surface area contributed by atoms with Crippen molar-refractivity contribution < 1.29 is 13.2 Å². The average Bonchev–Trinajstić information content (AvgIpc) is 3.34. The minimum absolute atomic E-state index is 0.000970. The number of nitrogens with one attached hydrogen (secondary N) is 1. The lowest BCUT2D eigenvalue weighted by molar-refractivity contribution is 0.312. The predicted molar refractivity (Wildman–Crippen MR) is 157 cm³/mol. The number of hydrogen-bond donors (Lipinski definition) is 1. The number of ether oxygens (including phenoxy) is 1. The zero-order valence-electron chi connectivity index (χ0n) is 23.1. The number of halogens is 1. The van der Waals surface area contributed by atoms with Crippen LogP contribution in [0.2, 0.25) is 5.02 Å². The highest BCUT2D eigenvalue weighted by molar-refractivity contribution is 7.92. The molecular weight excluding hydrogens is 550 g/mol. The van der Waals surface area contributed by atoms with Gasteiger partial charge in [0.15, 0.2) is 0 Å². The molecule has 1 fully saturated rings. The Morgan fingerprint density at radius 3 is 2.33 bits per heavy atom. The van der Waals surface area contributed by atoms with E-state index in [9.17, 15) is 8.42 Å². The monoisotopic (exact) mass is 581 g/mol. The van der Waals surface area contributed by atoms with Gasteiger partial charge in [0, 0.05) is 73.4 Å². The summed E-state index contributed by atoms with van der Waals surface area (Å²) in [6.07, 6.45) is 2.68. The first kappa shape index (κ1) is 27.9. The molecule has 2 aromatic heterocycles. The Morgan fingerprint density at radius 2 is 1.68 bits per heavy atom. The molecule has 12 heteroatoms. The topological polar surface area (TPSA) is 105 Å². The molecule has 1 N–H and O–H groups in total. The van der Waals surface area contributed by atoms with Crippen LogP contribution in [0.15, 0.2) is 53.7 Å². The quantitative estimate of drug-likeness (QED) is 0.332. The molecule has 0 saturated carbocycles. The summed E-state index contributed by atoms with van der Waals surface area (Å²) < 4.78 is 36.4. The SMILES string of the molecule is Cc1cccc(C)c1-c1cc(Oc2cc(N3CCN(C)CC3)cc(Cl)c2C)nc(NS(=O)(=O)c2cnn(C)c2)n1. The fourth-order valence-corrected chi connectivity index (χ4v) is 5.82. The molecule has 0 radical (unpaired) electrons. The highest BCUT2D eigenvalue weighted by Crippen LogP contribution is 2.36. The molecule has 1 saturated heterocycles. The Morgan fingerprint density at radius 1 is 0.975 bits per heavy atom. The van der Waals surface area contributed by atoms with E-state index in [0.717, 1.165) is 54.1 Å². The van der Waals surface area contributed by atoms with E-state index in [0.29, 0.717) is 16.5 Å². The lowest BCUT2D eigenvalue weighted by atomic mass is 10.00. The number of sulfonamides is 1. The van der Waals surface area contributed by atoms with Gasteiger partial charge < -0.3 is 14.5 Å². The smallest absolute Gasteiger partial charge is 0.267 e. The second-order valence-electron chi connectivity index (χ2n) is 10.1. The lowest BCUT2D eigenvalue weighted by Crippen LogP contribution is -2.44. The van der Waals surface area contributed by atoms with E-state index in [2.05, 4.69) is 36.6 Å². The van der Waals surface area contributed by atoms with Crippen LogP contribution >= 0.6 is 11.6 Å². The Balaban J connectivity index is 1.56. The number of aromatic nitrogens is 4. The molecule has 0 amide bonds. The Labute approximate surface area is 239 Å². The van der Waals surface area contributed by atoms with Gasteiger partial charge in [-0.3, -0.25) is 4.68 Å². The summed E-state index contributed by atoms with van der Waals surface area (Å²) in [5, 5.41) is 4.54. The number of aryl methyl sites for hydroxylation is 3. The summed E-state index contributed by atoms with van der Waals surface area (Å²) in [6.45, 7) is 9.49. The molecule has 10 nitrogen and oxygen atoms in total. The standard InChI is InChI=1S/C28H32ClN7O3S/c1-18-7-6-8-19(2)27(18)24-15-26(32-28(31-24)33-40(37,38)22-16-30-35(5)17-22)39-25-14-21(13-23(29)20(25)3)36-11-9-34(4)10-12-36/h6-8,13-17H,9-12H2,1-5H3,(H,31,32,33). The maximum absolute atomic E-state index is 13.1. The van der Waals surface area contributed by atoms with Gasteiger partial charge in [0.2, 0.25) is 11.8 Å². The minimum atomic E-state index is -3.99. The Bertz CT molecular complexity index is 1640. The van der Waals surface area contributed by atoms with Crippen LogP contribution in [0.4, 0.5) is 11.6 Å². The van der Waals surface area contributed by atoms with E-state index < -0.39 is 10.0 Å². The van der Waals surface area contributed by atoms with Gasteiger partial charge in [-0.2, -0.15) is 10.1 Å². The summed E-state index contributed by atoms with van der Waals surface area (Å²) in [6, 6.07) is 11.5. The predicted octanol–water partition coefficient (Wildman–Crippen LogP) is 4.80. The highest BCUT2D eigenvalue weighted by atomic mass is 35.5. The number of rotatable bonds is 7. The van der Waals surface area contributed by atoms with Crippen molar-refractivity contribution in [1.82, 2.24) is 24.6 Å². The normalized spacial score (nSPS) is 14.4. The van der Waals surface area contributed by atoms with Gasteiger partial charge in [0.1, 0.15) is 10.6 Å². The number of anilines is 2. The van der Waals surface area contributed by atoms with E-state index >= 15 is 0 Å². The molecule has 5 rings (SSSR count). The van der Waals surface area contributed by atoms with E-state index in [1.165, 1.54) is 17.1 Å². The highest BCUT2D eigenvalue weighted by Gasteiger charge is 2.22. The van der Waals surface area contributed by atoms with Crippen LogP contribution in [-0.4, -0.2) is 66.3 Å². The second-order valence-corrected chi connectivity index (χ2v) is 12.2. The van der Waals surface area contributed by atoms with Gasteiger partial charge >= 0.3 is 0 Å². The van der Waals surface area contributed by atoms with Gasteiger partial charge in [-0.15, -0.1) is 0 Å². The zero-order valence-corrected chi connectivity index (χ0v) is 24.7. The van der Waals surface area contributed by atoms with Gasteiger partial charge in [-0.05, 0) is 45.0 Å². The van der Waals surface area contributed by atoms with Crippen molar-refractivity contribution in [2.24, 2.45) is 7.05 Å². The minimum Gasteiger partial charge on any atom is -0.438 e. The lowest BCUT2D eigenvalue weighted by Gasteiger charge is -2.34. The maximum Gasteiger partial charge on any atom is 0.267 e. The van der Waals surface area contributed by atoms with E-state index in [-0.39, 0.29) is 16.7 Å². The largest absolute Gasteiger partial charge is 0.438 e. The summed E-state index contributed by atoms with van der Waals surface area (Å²) >= 11 is 6.64. The zero-order chi connectivity index (χ0) is 28.6. The summed E-state index contributed by atoms with van der Waals surface area (Å²) in [7, 11) is -0.234. The van der Waals surface area contributed by atoms with E-state index in [1.807, 2.05) is 51.1 Å². The van der Waals surface area contributed by atoms with Crippen molar-refractivity contribution in [3.8, 4) is 22.9 Å². The van der Waals surface area contributed by atoms with Crippen LogP contribution in [0.1, 0.15) is 16.7 Å². The first-order valence-electron chi connectivity index (χ1n) is 12.9. The summed E-state index contributed by atoms with van der Waals surface area (Å²) in [4.78, 5) is 13.6. The van der Waals surface area contributed by atoms with Gasteiger partial charge in [0.25, 0.3) is 10.0 Å². The fourth-order valence-electron chi connectivity index (χ4n) is 4.69. The third-order valence-corrected chi connectivity index (χ3v) is 8.70. The molecule has 1 aliphatic rings. The molecule has 3 heterocycles. The van der Waals surface area contributed by atoms with Crippen LogP contribution < -0.4 is 14.4 Å². The molecule has 0 bridgehead atoms. The third kappa shape index (κ3) is 5.91. The van der Waals surface area contributed by atoms with Crippen molar-refractivity contribution in [2.45, 2.75) is 25.7 Å². The molecule has 4 aromatic rings. The maximum atomic E-state index is 13.1. The molecule has 0 atom stereocenters. The van der Waals surface area contributed by atoms with Crippen LogP contribution in [0.25, 0.3) is 11.3 Å². The van der Waals surface area contributed by atoms with Crippen molar-refractivity contribution in [2.75, 3.05) is 42.8 Å². The summed E-state index contributed by atoms with van der Waals surface area (Å²) in [5.74, 6) is 0.609. The number of benzene rings is 2. The van der Waals surface area contributed by atoms with Gasteiger partial charge in [0.05, 0.1) is 11.9 Å². The molecule has 40 heavy (non-hydrogen) atoms. The Kier molecular flexibility index (Phi) is 7.72. The van der Waals surface area contributed by atoms with Crippen molar-refractivity contribution >= 4 is 33.3 Å². The molecule has 2 aromatic carbocycles. The van der Waals surface area contributed by atoms with Gasteiger partial charge in [-0.25, -0.2) is 18.1 Å². The van der Waals surface area contributed by atoms with E-state index in [4.69, 9.17) is 16.3 Å². The first-order chi connectivity index (χ1) is 19.0. The fraction of sp³-hybridized carbons (Fsp3) is 0.321. The third-order valence-electron chi connectivity index (χ3n) is 7.02. The van der Waals surface area contributed by atoms with E-state index in [1.54, 1.807) is 13.1 Å². The van der Waals surface area contributed by atoms with Crippen molar-refractivity contribution in [3.05, 3.63) is 70.5 Å². The number of likely N-dealkylation sites (N-methyl/N-ethyl adjacent to an activating group) is 1. The van der Waals surface area contributed by atoms with Gasteiger partial charge in [-0.1, -0.05) is 29.8 Å².